The number of aromatic nitrogens is 2. The monoisotopic (exact) mass is 238 g/mol. The summed E-state index contributed by atoms with van der Waals surface area (Å²) in [6.45, 7) is 0.865. The Balaban J connectivity index is 3.25. The van der Waals surface area contributed by atoms with Gasteiger partial charge in [-0.3, -0.25) is 4.68 Å². The van der Waals surface area contributed by atoms with E-state index in [2.05, 4.69) is 5.10 Å². The van der Waals surface area contributed by atoms with Crippen molar-refractivity contribution in [1.29, 1.82) is 0 Å². The van der Waals surface area contributed by atoms with Crippen LogP contribution in [0.1, 0.15) is 23.0 Å². The van der Waals surface area contributed by atoms with Gasteiger partial charge in [-0.2, -0.15) is 18.3 Å². The van der Waals surface area contributed by atoms with Gasteiger partial charge in [0.05, 0.1) is 18.8 Å². The molecule has 16 heavy (non-hydrogen) atoms. The molecular formula is C8H9F3N2O3. The van der Waals surface area contributed by atoms with E-state index in [0.29, 0.717) is 10.9 Å². The van der Waals surface area contributed by atoms with E-state index in [4.69, 9.17) is 10.2 Å². The number of hydrogen-bond donors (Lipinski definition) is 2. The SMILES string of the molecule is C[C@H](O)Cn1ncc(C(=O)O)c1C(F)(F)F. The second-order valence-corrected chi connectivity index (χ2v) is 3.24. The van der Waals surface area contributed by atoms with E-state index >= 15 is 0 Å². The zero-order chi connectivity index (χ0) is 12.5. The standard InChI is InChI=1S/C8H9F3N2O3/c1-4(14)3-13-6(8(9,10)11)5(2-12-13)7(15)16/h2,4,14H,3H2,1H3,(H,15,16)/t4-/m0/s1. The third kappa shape index (κ3) is 2.51. The Kier molecular flexibility index (Phi) is 3.22. The lowest BCUT2D eigenvalue weighted by Gasteiger charge is -2.12. The normalized spacial score (nSPS) is 13.8. The van der Waals surface area contributed by atoms with Crippen molar-refractivity contribution in [3.05, 3.63) is 17.5 Å². The smallest absolute Gasteiger partial charge is 0.433 e. The number of aliphatic hydroxyl groups is 1. The number of halogens is 3. The van der Waals surface area contributed by atoms with E-state index in [9.17, 15) is 18.0 Å². The predicted molar refractivity (Wildman–Crippen MR) is 45.9 cm³/mol. The Bertz CT molecular complexity index is 398. The molecule has 1 atom stereocenters. The summed E-state index contributed by atoms with van der Waals surface area (Å²) in [5.74, 6) is -1.70. The highest BCUT2D eigenvalue weighted by Gasteiger charge is 2.40. The second kappa shape index (κ2) is 4.12. The van der Waals surface area contributed by atoms with Gasteiger partial charge in [0.2, 0.25) is 0 Å². The molecule has 1 aromatic heterocycles. The number of hydrogen-bond acceptors (Lipinski definition) is 3. The number of aromatic carboxylic acids is 1. The summed E-state index contributed by atoms with van der Waals surface area (Å²) in [4.78, 5) is 10.6. The maximum atomic E-state index is 12.5. The molecule has 1 heterocycles. The van der Waals surface area contributed by atoms with Crippen molar-refractivity contribution in [3.8, 4) is 0 Å². The lowest BCUT2D eigenvalue weighted by Crippen LogP contribution is -2.22. The molecule has 0 fully saturated rings. The third-order valence-electron chi connectivity index (χ3n) is 1.78. The number of carbonyl (C=O) groups is 1. The lowest BCUT2D eigenvalue weighted by atomic mass is 10.2. The summed E-state index contributed by atoms with van der Waals surface area (Å²) in [5.41, 5.74) is -2.28. The van der Waals surface area contributed by atoms with Crippen LogP contribution in [0.2, 0.25) is 0 Å². The van der Waals surface area contributed by atoms with Crippen LogP contribution in [0.25, 0.3) is 0 Å². The van der Waals surface area contributed by atoms with E-state index in [-0.39, 0.29) is 0 Å². The Morgan fingerprint density at radius 2 is 2.19 bits per heavy atom. The summed E-state index contributed by atoms with van der Waals surface area (Å²) < 4.78 is 38.1. The second-order valence-electron chi connectivity index (χ2n) is 3.24. The van der Waals surface area contributed by atoms with Crippen LogP contribution in [0.3, 0.4) is 0 Å². The molecule has 0 aliphatic heterocycles. The highest BCUT2D eigenvalue weighted by Crippen LogP contribution is 2.32. The molecule has 0 amide bonds. The lowest BCUT2D eigenvalue weighted by molar-refractivity contribution is -0.145. The van der Waals surface area contributed by atoms with Crippen molar-refractivity contribution in [2.75, 3.05) is 0 Å². The van der Waals surface area contributed by atoms with E-state index in [1.165, 1.54) is 6.92 Å². The van der Waals surface area contributed by atoms with Crippen LogP contribution in [-0.4, -0.2) is 32.1 Å². The van der Waals surface area contributed by atoms with Crippen molar-refractivity contribution in [2.24, 2.45) is 0 Å². The Labute approximate surface area is 88.1 Å². The van der Waals surface area contributed by atoms with Crippen LogP contribution >= 0.6 is 0 Å². The fourth-order valence-electron chi connectivity index (χ4n) is 1.23. The highest BCUT2D eigenvalue weighted by atomic mass is 19.4. The Morgan fingerprint density at radius 3 is 2.56 bits per heavy atom. The Hall–Kier alpha value is -1.57. The first-order valence-electron chi connectivity index (χ1n) is 4.28. The minimum Gasteiger partial charge on any atom is -0.478 e. The fourth-order valence-corrected chi connectivity index (χ4v) is 1.23. The quantitative estimate of drug-likeness (QED) is 0.823. The number of alkyl halides is 3. The third-order valence-corrected chi connectivity index (χ3v) is 1.78. The summed E-state index contributed by atoms with van der Waals surface area (Å²) in [6, 6.07) is 0. The van der Waals surface area contributed by atoms with Crippen molar-refractivity contribution in [2.45, 2.75) is 25.7 Å². The zero-order valence-electron chi connectivity index (χ0n) is 8.19. The van der Waals surface area contributed by atoms with Crippen LogP contribution in [0, 0.1) is 0 Å². The van der Waals surface area contributed by atoms with Crippen LogP contribution in [-0.2, 0) is 12.7 Å². The number of carboxylic acid groups (broad SMARTS) is 1. The molecule has 5 nitrogen and oxygen atoms in total. The highest BCUT2D eigenvalue weighted by molar-refractivity contribution is 5.88. The predicted octanol–water partition coefficient (Wildman–Crippen LogP) is 0.981. The van der Waals surface area contributed by atoms with Gasteiger partial charge in [-0.1, -0.05) is 0 Å². The summed E-state index contributed by atoms with van der Waals surface area (Å²) in [5, 5.41) is 20.8. The molecule has 90 valence electrons. The van der Waals surface area contributed by atoms with Gasteiger partial charge >= 0.3 is 12.1 Å². The van der Waals surface area contributed by atoms with Gasteiger partial charge in [0.15, 0.2) is 5.69 Å². The topological polar surface area (TPSA) is 75.3 Å². The van der Waals surface area contributed by atoms with Crippen LogP contribution in [0.5, 0.6) is 0 Å². The molecule has 0 unspecified atom stereocenters. The van der Waals surface area contributed by atoms with Crippen LogP contribution < -0.4 is 0 Å². The van der Waals surface area contributed by atoms with Gasteiger partial charge in [0, 0.05) is 0 Å². The van der Waals surface area contributed by atoms with Gasteiger partial charge in [0.1, 0.15) is 5.56 Å². The number of carboxylic acids is 1. The summed E-state index contributed by atoms with van der Waals surface area (Å²) >= 11 is 0. The molecule has 1 aromatic rings. The van der Waals surface area contributed by atoms with Gasteiger partial charge < -0.3 is 10.2 Å². The molecule has 2 N–H and O–H groups in total. The van der Waals surface area contributed by atoms with E-state index in [1.807, 2.05) is 0 Å². The zero-order valence-corrected chi connectivity index (χ0v) is 8.19. The minimum absolute atomic E-state index is 0.415. The minimum atomic E-state index is -4.82. The van der Waals surface area contributed by atoms with Gasteiger partial charge in [-0.15, -0.1) is 0 Å². The van der Waals surface area contributed by atoms with Crippen molar-refractivity contribution in [3.63, 3.8) is 0 Å². The molecule has 0 saturated heterocycles. The molecule has 0 saturated carbocycles. The van der Waals surface area contributed by atoms with Gasteiger partial charge in [0.25, 0.3) is 0 Å². The average Bonchev–Trinajstić information content (AvgIpc) is 2.45. The summed E-state index contributed by atoms with van der Waals surface area (Å²) in [6.07, 6.45) is -5.25. The molecule has 0 aromatic carbocycles. The molecule has 0 radical (unpaired) electrons. The number of nitrogens with zero attached hydrogens (tertiary/aromatic N) is 2. The molecule has 0 aliphatic carbocycles. The van der Waals surface area contributed by atoms with Crippen molar-refractivity contribution in [1.82, 2.24) is 9.78 Å². The first kappa shape index (κ1) is 12.5. The number of rotatable bonds is 3. The molecular weight excluding hydrogens is 229 g/mol. The Morgan fingerprint density at radius 1 is 1.62 bits per heavy atom. The molecule has 8 heteroatoms. The van der Waals surface area contributed by atoms with Crippen LogP contribution in [0.15, 0.2) is 6.20 Å². The van der Waals surface area contributed by atoms with Crippen molar-refractivity contribution >= 4 is 5.97 Å². The maximum absolute atomic E-state index is 12.5. The fraction of sp³-hybridized carbons (Fsp3) is 0.500. The van der Waals surface area contributed by atoms with E-state index in [1.54, 1.807) is 0 Å². The summed E-state index contributed by atoms with van der Waals surface area (Å²) in [7, 11) is 0. The average molecular weight is 238 g/mol. The first-order valence-corrected chi connectivity index (χ1v) is 4.28. The maximum Gasteiger partial charge on any atom is 0.433 e. The van der Waals surface area contributed by atoms with Crippen LogP contribution in [0.4, 0.5) is 13.2 Å². The van der Waals surface area contributed by atoms with Crippen molar-refractivity contribution < 1.29 is 28.2 Å². The van der Waals surface area contributed by atoms with Gasteiger partial charge in [-0.05, 0) is 6.92 Å². The van der Waals surface area contributed by atoms with Gasteiger partial charge in [-0.25, -0.2) is 4.79 Å². The molecule has 0 aliphatic rings. The van der Waals surface area contributed by atoms with E-state index < -0.39 is 36.1 Å². The molecule has 0 bridgehead atoms. The molecule has 0 spiro atoms. The first-order chi connectivity index (χ1) is 7.23. The molecule has 1 rings (SSSR count). The van der Waals surface area contributed by atoms with E-state index in [0.717, 1.165) is 0 Å². The number of aliphatic hydroxyl groups excluding tert-OH is 1. The largest absolute Gasteiger partial charge is 0.478 e.